The third-order valence-electron chi connectivity index (χ3n) is 1.64. The quantitative estimate of drug-likeness (QED) is 0.719. The maximum atomic E-state index is 10.5. The van der Waals surface area contributed by atoms with E-state index < -0.39 is 5.97 Å². The Hall–Kier alpha value is -2.15. The number of carboxylic acids is 1. The molecule has 4 nitrogen and oxygen atoms in total. The van der Waals surface area contributed by atoms with Gasteiger partial charge < -0.3 is 5.11 Å². The summed E-state index contributed by atoms with van der Waals surface area (Å²) in [4.78, 5) is 20.9. The number of carboxylic acid groups (broad SMARTS) is 1. The molecule has 0 atom stereocenters. The van der Waals surface area contributed by atoms with Crippen LogP contribution in [0.3, 0.4) is 0 Å². The third kappa shape index (κ3) is 2.42. The fourth-order valence-corrected chi connectivity index (χ4v) is 1.13. The van der Waals surface area contributed by atoms with Crippen LogP contribution in [0.25, 0.3) is 0 Å². The Balaban J connectivity index is 3.12. The molecular weight excluding hydrogens is 182 g/mol. The highest BCUT2D eigenvalue weighted by atomic mass is 16.4. The van der Waals surface area contributed by atoms with E-state index in [2.05, 4.69) is 0 Å². The van der Waals surface area contributed by atoms with Gasteiger partial charge in [-0.15, -0.1) is 0 Å². The number of nitriles is 1. The minimum absolute atomic E-state index is 0.184. The molecule has 0 spiro atoms. The molecule has 0 amide bonds. The first-order valence-electron chi connectivity index (χ1n) is 3.86. The van der Waals surface area contributed by atoms with E-state index in [0.717, 1.165) is 0 Å². The molecule has 0 aromatic heterocycles. The Morgan fingerprint density at radius 3 is 2.71 bits per heavy atom. The summed E-state index contributed by atoms with van der Waals surface area (Å²) < 4.78 is 0. The zero-order valence-electron chi connectivity index (χ0n) is 7.23. The standard InChI is InChI=1S/C10H7NO3/c11-5-8-1-7(4-10(13)14)2-9(3-8)6-12/h1-3,6H,4H2,(H,13,14). The van der Waals surface area contributed by atoms with Crippen LogP contribution in [0.2, 0.25) is 0 Å². The molecule has 0 saturated carbocycles. The predicted molar refractivity (Wildman–Crippen MR) is 47.9 cm³/mol. The number of rotatable bonds is 3. The van der Waals surface area contributed by atoms with E-state index in [4.69, 9.17) is 10.4 Å². The smallest absolute Gasteiger partial charge is 0.307 e. The van der Waals surface area contributed by atoms with Crippen molar-refractivity contribution in [1.82, 2.24) is 0 Å². The lowest BCUT2D eigenvalue weighted by Gasteiger charge is -1.99. The summed E-state index contributed by atoms with van der Waals surface area (Å²) in [5, 5.41) is 17.1. The van der Waals surface area contributed by atoms with Crippen LogP contribution in [-0.4, -0.2) is 17.4 Å². The first kappa shape index (κ1) is 9.93. The van der Waals surface area contributed by atoms with Gasteiger partial charge in [-0.25, -0.2) is 0 Å². The molecule has 1 aromatic rings. The van der Waals surface area contributed by atoms with Gasteiger partial charge in [-0.3, -0.25) is 9.59 Å². The van der Waals surface area contributed by atoms with Crippen molar-refractivity contribution < 1.29 is 14.7 Å². The highest BCUT2D eigenvalue weighted by molar-refractivity contribution is 5.77. The van der Waals surface area contributed by atoms with Crippen molar-refractivity contribution >= 4 is 12.3 Å². The van der Waals surface area contributed by atoms with Gasteiger partial charge in [0.15, 0.2) is 0 Å². The molecule has 1 aromatic carbocycles. The molecule has 0 fully saturated rings. The molecule has 0 bridgehead atoms. The normalized spacial score (nSPS) is 9.07. The minimum Gasteiger partial charge on any atom is -0.481 e. The van der Waals surface area contributed by atoms with E-state index in [9.17, 15) is 9.59 Å². The van der Waals surface area contributed by atoms with Crippen LogP contribution in [0.1, 0.15) is 21.5 Å². The van der Waals surface area contributed by atoms with Crippen LogP contribution >= 0.6 is 0 Å². The zero-order valence-corrected chi connectivity index (χ0v) is 7.23. The Labute approximate surface area is 80.4 Å². The summed E-state index contributed by atoms with van der Waals surface area (Å²) in [6.45, 7) is 0. The van der Waals surface area contributed by atoms with E-state index in [0.29, 0.717) is 23.0 Å². The van der Waals surface area contributed by atoms with Crippen LogP contribution in [0.4, 0.5) is 0 Å². The SMILES string of the molecule is N#Cc1cc(C=O)cc(CC(=O)O)c1. The largest absolute Gasteiger partial charge is 0.481 e. The van der Waals surface area contributed by atoms with Gasteiger partial charge in [-0.2, -0.15) is 5.26 Å². The average Bonchev–Trinajstić information content (AvgIpc) is 2.16. The van der Waals surface area contributed by atoms with Crippen LogP contribution in [0.15, 0.2) is 18.2 Å². The molecule has 0 aliphatic rings. The molecule has 1 N–H and O–H groups in total. The Morgan fingerprint density at radius 1 is 1.50 bits per heavy atom. The number of nitrogens with zero attached hydrogens (tertiary/aromatic N) is 1. The molecule has 70 valence electrons. The lowest BCUT2D eigenvalue weighted by atomic mass is 10.0. The van der Waals surface area contributed by atoms with Crippen LogP contribution < -0.4 is 0 Å². The summed E-state index contributed by atoms with van der Waals surface area (Å²) in [5.74, 6) is -0.989. The van der Waals surface area contributed by atoms with Crippen molar-refractivity contribution in [1.29, 1.82) is 5.26 Å². The maximum Gasteiger partial charge on any atom is 0.307 e. The number of aliphatic carboxylic acids is 1. The summed E-state index contributed by atoms with van der Waals surface area (Å²) >= 11 is 0. The molecule has 14 heavy (non-hydrogen) atoms. The average molecular weight is 189 g/mol. The van der Waals surface area contributed by atoms with E-state index in [-0.39, 0.29) is 6.42 Å². The molecular formula is C10H7NO3. The second kappa shape index (κ2) is 4.19. The van der Waals surface area contributed by atoms with Crippen molar-refractivity contribution in [3.05, 3.63) is 34.9 Å². The number of hydrogen-bond acceptors (Lipinski definition) is 3. The summed E-state index contributed by atoms with van der Waals surface area (Å²) in [7, 11) is 0. The van der Waals surface area contributed by atoms with Crippen LogP contribution in [0.5, 0.6) is 0 Å². The Bertz CT molecular complexity index is 418. The summed E-state index contributed by atoms with van der Waals surface area (Å²) in [5.41, 5.74) is 1.07. The number of carbonyl (C=O) groups excluding carboxylic acids is 1. The fourth-order valence-electron chi connectivity index (χ4n) is 1.13. The van der Waals surface area contributed by atoms with E-state index in [1.54, 1.807) is 0 Å². The number of carbonyl (C=O) groups is 2. The lowest BCUT2D eigenvalue weighted by Crippen LogP contribution is -2.01. The second-order valence-electron chi connectivity index (χ2n) is 2.76. The molecule has 0 heterocycles. The van der Waals surface area contributed by atoms with Crippen LogP contribution in [0, 0.1) is 11.3 Å². The highest BCUT2D eigenvalue weighted by Crippen LogP contribution is 2.09. The minimum atomic E-state index is -0.989. The molecule has 0 radical (unpaired) electrons. The van der Waals surface area contributed by atoms with E-state index in [1.807, 2.05) is 6.07 Å². The predicted octanol–water partition coefficient (Wildman–Crippen LogP) is 0.998. The van der Waals surface area contributed by atoms with Gasteiger partial charge in [-0.1, -0.05) is 0 Å². The fraction of sp³-hybridized carbons (Fsp3) is 0.100. The zero-order chi connectivity index (χ0) is 10.6. The number of aldehydes is 1. The summed E-state index contributed by atoms with van der Waals surface area (Å²) in [6.07, 6.45) is 0.405. The van der Waals surface area contributed by atoms with Crippen molar-refractivity contribution in [2.75, 3.05) is 0 Å². The van der Waals surface area contributed by atoms with E-state index in [1.165, 1.54) is 18.2 Å². The third-order valence-corrected chi connectivity index (χ3v) is 1.64. The first-order chi connectivity index (χ1) is 6.65. The van der Waals surface area contributed by atoms with Crippen molar-refractivity contribution in [3.63, 3.8) is 0 Å². The van der Waals surface area contributed by atoms with Gasteiger partial charge in [-0.05, 0) is 23.8 Å². The van der Waals surface area contributed by atoms with Crippen molar-refractivity contribution in [2.45, 2.75) is 6.42 Å². The molecule has 0 unspecified atom stereocenters. The maximum absolute atomic E-state index is 10.5. The second-order valence-corrected chi connectivity index (χ2v) is 2.76. The molecule has 0 aliphatic carbocycles. The Kier molecular flexibility index (Phi) is 2.97. The van der Waals surface area contributed by atoms with Crippen molar-refractivity contribution in [3.8, 4) is 6.07 Å². The van der Waals surface area contributed by atoms with Gasteiger partial charge in [0.25, 0.3) is 0 Å². The van der Waals surface area contributed by atoms with Gasteiger partial charge in [0, 0.05) is 5.56 Å². The molecule has 1 rings (SSSR count). The number of hydrogen-bond donors (Lipinski definition) is 1. The summed E-state index contributed by atoms with van der Waals surface area (Å²) in [6, 6.07) is 6.20. The number of benzene rings is 1. The highest BCUT2D eigenvalue weighted by Gasteiger charge is 2.04. The molecule has 0 aliphatic heterocycles. The van der Waals surface area contributed by atoms with Gasteiger partial charge in [0.1, 0.15) is 6.29 Å². The van der Waals surface area contributed by atoms with Gasteiger partial charge in [0.05, 0.1) is 18.1 Å². The van der Waals surface area contributed by atoms with Gasteiger partial charge >= 0.3 is 5.97 Å². The molecule has 0 saturated heterocycles. The topological polar surface area (TPSA) is 78.2 Å². The lowest BCUT2D eigenvalue weighted by molar-refractivity contribution is -0.136. The van der Waals surface area contributed by atoms with Gasteiger partial charge in [0.2, 0.25) is 0 Å². The first-order valence-corrected chi connectivity index (χ1v) is 3.86. The van der Waals surface area contributed by atoms with Crippen molar-refractivity contribution in [2.24, 2.45) is 0 Å². The van der Waals surface area contributed by atoms with Crippen LogP contribution in [-0.2, 0) is 11.2 Å². The Morgan fingerprint density at radius 2 is 2.21 bits per heavy atom. The molecule has 4 heteroatoms. The monoisotopic (exact) mass is 189 g/mol. The van der Waals surface area contributed by atoms with E-state index >= 15 is 0 Å².